The van der Waals surface area contributed by atoms with Gasteiger partial charge in [-0.25, -0.2) is 14.2 Å². The lowest BCUT2D eigenvalue weighted by Gasteiger charge is -2.06. The second-order valence-electron chi connectivity index (χ2n) is 8.40. The van der Waals surface area contributed by atoms with Crippen molar-refractivity contribution in [1.82, 2.24) is 9.97 Å². The highest BCUT2D eigenvalue weighted by Gasteiger charge is 2.17. The van der Waals surface area contributed by atoms with Crippen LogP contribution in [0.5, 0.6) is 0 Å². The van der Waals surface area contributed by atoms with E-state index in [2.05, 4.69) is 71.1 Å². The molecule has 5 aromatic rings. The molecule has 0 aliphatic rings. The first kappa shape index (κ1) is 24.4. The number of aromatic nitrogens is 2. The third-order valence-corrected chi connectivity index (χ3v) is 9.29. The summed E-state index contributed by atoms with van der Waals surface area (Å²) in [6.45, 7) is 2.09. The molecule has 0 amide bonds. The molecule has 2 aromatic heterocycles. The summed E-state index contributed by atoms with van der Waals surface area (Å²) in [4.78, 5) is 12.4. The predicted octanol–water partition coefficient (Wildman–Crippen LogP) is 8.36. The lowest BCUT2D eigenvalue weighted by atomic mass is 10.1. The number of hydrogen-bond donors (Lipinski definition) is 0. The highest BCUT2D eigenvalue weighted by atomic mass is 32.2. The Labute approximate surface area is 220 Å². The van der Waals surface area contributed by atoms with E-state index in [9.17, 15) is 4.21 Å². The van der Waals surface area contributed by atoms with Crippen LogP contribution in [0.2, 0.25) is 0 Å². The van der Waals surface area contributed by atoms with E-state index in [1.807, 2.05) is 42.5 Å². The summed E-state index contributed by atoms with van der Waals surface area (Å²) >= 11 is 3.37. The number of aryl methyl sites for hydroxylation is 1. The van der Waals surface area contributed by atoms with Crippen LogP contribution in [0.3, 0.4) is 0 Å². The highest BCUT2D eigenvalue weighted by Crippen LogP contribution is 2.41. The molecule has 180 valence electrons. The van der Waals surface area contributed by atoms with E-state index in [0.717, 1.165) is 32.3 Å². The molecule has 5 rings (SSSR count). The Balaban J connectivity index is 1.63. The number of thioether (sulfide) groups is 1. The highest BCUT2D eigenvalue weighted by molar-refractivity contribution is 7.98. The van der Waals surface area contributed by atoms with Gasteiger partial charge in [0.05, 0.1) is 20.3 Å². The molecule has 0 saturated heterocycles. The summed E-state index contributed by atoms with van der Waals surface area (Å²) in [5.74, 6) is 0.443. The van der Waals surface area contributed by atoms with Crippen LogP contribution in [0.1, 0.15) is 5.56 Å². The second kappa shape index (κ2) is 10.4. The Morgan fingerprint density at radius 2 is 1.64 bits per heavy atom. The third-order valence-electron chi connectivity index (χ3n) is 5.71. The van der Waals surface area contributed by atoms with Gasteiger partial charge in [0.2, 0.25) is 0 Å². The molecule has 36 heavy (non-hydrogen) atoms. The zero-order valence-corrected chi connectivity index (χ0v) is 22.7. The molecule has 0 aliphatic carbocycles. The van der Waals surface area contributed by atoms with Gasteiger partial charge < -0.3 is 0 Å². The number of nitrogens with zero attached hydrogens (tertiary/aromatic N) is 3. The van der Waals surface area contributed by atoms with Gasteiger partial charge in [-0.15, -0.1) is 23.1 Å². The minimum absolute atomic E-state index is 0.443. The number of pyridine rings is 1. The molecule has 3 aromatic carbocycles. The molecule has 1 atom stereocenters. The predicted molar refractivity (Wildman–Crippen MR) is 154 cm³/mol. The average Bonchev–Trinajstić information content (AvgIpc) is 3.35. The quantitative estimate of drug-likeness (QED) is 0.208. The van der Waals surface area contributed by atoms with Crippen LogP contribution < -0.4 is 0 Å². The molecule has 0 fully saturated rings. The lowest BCUT2D eigenvalue weighted by molar-refractivity contribution is 0.680. The van der Waals surface area contributed by atoms with Crippen molar-refractivity contribution in [2.45, 2.75) is 16.7 Å². The minimum atomic E-state index is -2.63. The van der Waals surface area contributed by atoms with Gasteiger partial charge in [-0.05, 0) is 61.2 Å². The van der Waals surface area contributed by atoms with Gasteiger partial charge in [0.1, 0.15) is 5.01 Å². The fourth-order valence-corrected chi connectivity index (χ4v) is 6.60. The summed E-state index contributed by atoms with van der Waals surface area (Å²) in [7, 11) is -2.63. The Hall–Kier alpha value is -3.26. The molecule has 0 aliphatic heterocycles. The minimum Gasteiger partial charge on any atom is -0.245 e. The van der Waals surface area contributed by atoms with Crippen molar-refractivity contribution in [2.24, 2.45) is 4.36 Å². The number of thiazole rings is 1. The average molecular weight is 528 g/mol. The fraction of sp³-hybridized carbons (Fsp3) is 0.103. The molecule has 1 unspecified atom stereocenters. The van der Waals surface area contributed by atoms with E-state index < -0.39 is 9.73 Å². The van der Waals surface area contributed by atoms with E-state index >= 15 is 0 Å². The lowest BCUT2D eigenvalue weighted by Crippen LogP contribution is -1.96. The zero-order chi connectivity index (χ0) is 25.1. The Kier molecular flexibility index (Phi) is 7.05. The molecule has 0 bridgehead atoms. The van der Waals surface area contributed by atoms with Crippen molar-refractivity contribution < 1.29 is 4.21 Å². The first-order valence-corrected chi connectivity index (χ1v) is 15.4. The van der Waals surface area contributed by atoms with Crippen molar-refractivity contribution >= 4 is 38.6 Å². The molecule has 0 spiro atoms. The van der Waals surface area contributed by atoms with Crippen LogP contribution in [0.25, 0.3) is 32.3 Å². The summed E-state index contributed by atoms with van der Waals surface area (Å²) in [6.07, 6.45) is 5.45. The van der Waals surface area contributed by atoms with E-state index in [1.54, 1.807) is 35.6 Å². The van der Waals surface area contributed by atoms with E-state index in [0.29, 0.717) is 10.7 Å². The maximum absolute atomic E-state index is 13.4. The largest absolute Gasteiger partial charge is 0.245 e. The molecule has 0 radical (unpaired) electrons. The molecular weight excluding hydrogens is 503 g/mol. The number of rotatable bonds is 6. The second-order valence-corrected chi connectivity index (χ2v) is 12.5. The summed E-state index contributed by atoms with van der Waals surface area (Å²) in [6, 6.07) is 30.1. The Morgan fingerprint density at radius 3 is 2.36 bits per heavy atom. The monoisotopic (exact) mass is 527 g/mol. The standard InChI is InChI=1S/C29H25N3OS3/c1-20-8-7-9-22(18-20)27-28(35-29(31-27)21-12-14-24(34-2)15-13-21)23-16-17-30-26(19-23)32-36(3,33)25-10-5-4-6-11-25/h4-19H,1-3H3. The maximum Gasteiger partial charge on any atom is 0.162 e. The van der Waals surface area contributed by atoms with Crippen LogP contribution in [-0.4, -0.2) is 26.7 Å². The van der Waals surface area contributed by atoms with Gasteiger partial charge in [-0.2, -0.15) is 4.36 Å². The van der Waals surface area contributed by atoms with E-state index in [-0.39, 0.29) is 0 Å². The van der Waals surface area contributed by atoms with Crippen molar-refractivity contribution in [3.05, 3.63) is 103 Å². The SMILES string of the molecule is CSc1ccc(-c2nc(-c3cccc(C)c3)c(-c3ccnc(N=S(C)(=O)c4ccccc4)c3)s2)cc1. The first-order valence-electron chi connectivity index (χ1n) is 11.4. The summed E-state index contributed by atoms with van der Waals surface area (Å²) in [5.41, 5.74) is 5.19. The van der Waals surface area contributed by atoms with E-state index in [1.165, 1.54) is 10.5 Å². The van der Waals surface area contributed by atoms with Crippen molar-refractivity contribution in [2.75, 3.05) is 12.5 Å². The van der Waals surface area contributed by atoms with Gasteiger partial charge in [0, 0.05) is 33.4 Å². The molecule has 7 heteroatoms. The van der Waals surface area contributed by atoms with Crippen molar-refractivity contribution in [1.29, 1.82) is 0 Å². The smallest absolute Gasteiger partial charge is 0.162 e. The fourth-order valence-electron chi connectivity index (χ4n) is 3.87. The van der Waals surface area contributed by atoms with Crippen LogP contribution in [0, 0.1) is 6.92 Å². The topological polar surface area (TPSA) is 55.2 Å². The van der Waals surface area contributed by atoms with E-state index in [4.69, 9.17) is 4.98 Å². The molecule has 4 nitrogen and oxygen atoms in total. The molecule has 2 heterocycles. The van der Waals surface area contributed by atoms with Crippen molar-refractivity contribution in [3.63, 3.8) is 0 Å². The van der Waals surface area contributed by atoms with Crippen LogP contribution in [0.15, 0.2) is 111 Å². The van der Waals surface area contributed by atoms with Gasteiger partial charge in [0.25, 0.3) is 0 Å². The maximum atomic E-state index is 13.4. The number of benzene rings is 3. The summed E-state index contributed by atoms with van der Waals surface area (Å²) < 4.78 is 17.9. The zero-order valence-electron chi connectivity index (χ0n) is 20.2. The van der Waals surface area contributed by atoms with Crippen molar-refractivity contribution in [3.8, 4) is 32.3 Å². The third kappa shape index (κ3) is 5.28. The van der Waals surface area contributed by atoms with Crippen LogP contribution in [0.4, 0.5) is 5.82 Å². The normalized spacial score (nSPS) is 12.8. The van der Waals surface area contributed by atoms with Crippen LogP contribution >= 0.6 is 23.1 Å². The summed E-state index contributed by atoms with van der Waals surface area (Å²) in [5, 5.41) is 0.952. The number of hydrogen-bond acceptors (Lipinski definition) is 6. The van der Waals surface area contributed by atoms with Gasteiger partial charge in [-0.3, -0.25) is 0 Å². The van der Waals surface area contributed by atoms with Crippen LogP contribution in [-0.2, 0) is 9.73 Å². The molecular formula is C29H25N3OS3. The van der Waals surface area contributed by atoms with Gasteiger partial charge in [-0.1, -0.05) is 54.1 Å². The molecule has 0 N–H and O–H groups in total. The first-order chi connectivity index (χ1) is 17.4. The molecule has 0 saturated carbocycles. The van der Waals surface area contributed by atoms with Gasteiger partial charge in [0.15, 0.2) is 5.82 Å². The van der Waals surface area contributed by atoms with Gasteiger partial charge >= 0.3 is 0 Å². The Bertz CT molecular complexity index is 1630. The Morgan fingerprint density at radius 1 is 0.861 bits per heavy atom.